The molecule has 158 valence electrons. The Bertz CT molecular complexity index is 562. The maximum absolute atomic E-state index is 6.23. The average Bonchev–Trinajstić information content (AvgIpc) is 2.58. The molecule has 0 spiro atoms. The van der Waals surface area contributed by atoms with Crippen molar-refractivity contribution in [3.05, 3.63) is 10.2 Å². The largest absolute Gasteiger partial charge is 0.368 e. The van der Waals surface area contributed by atoms with E-state index >= 15 is 0 Å². The Balaban J connectivity index is 0.00000225. The van der Waals surface area contributed by atoms with Crippen LogP contribution in [0, 0.1) is 5.92 Å². The number of anilines is 2. The van der Waals surface area contributed by atoms with E-state index in [4.69, 9.17) is 34.7 Å². The van der Waals surface area contributed by atoms with E-state index in [1.54, 1.807) is 0 Å². The summed E-state index contributed by atoms with van der Waals surface area (Å²) in [6, 6.07) is 0.432. The molecule has 0 radical (unpaired) electrons. The molecular weight excluding hydrogens is 453 g/mol. The Morgan fingerprint density at radius 3 is 2.11 bits per heavy atom. The molecule has 3 rings (SSSR count). The molecule has 0 atom stereocenters. The first-order valence-corrected chi connectivity index (χ1v) is 9.50. The molecule has 0 bridgehead atoms. The number of aromatic nitrogens is 2. The van der Waals surface area contributed by atoms with Crippen molar-refractivity contribution in [2.24, 2.45) is 11.7 Å². The number of halogens is 5. The van der Waals surface area contributed by atoms with Gasteiger partial charge in [0.05, 0.1) is 0 Å². The van der Waals surface area contributed by atoms with Gasteiger partial charge in [0.25, 0.3) is 0 Å². The van der Waals surface area contributed by atoms with E-state index in [0.29, 0.717) is 16.9 Å². The molecule has 1 saturated heterocycles. The van der Waals surface area contributed by atoms with E-state index in [9.17, 15) is 0 Å². The maximum Gasteiger partial charge on any atom is 0.223 e. The van der Waals surface area contributed by atoms with Gasteiger partial charge in [-0.3, -0.25) is 4.90 Å². The summed E-state index contributed by atoms with van der Waals surface area (Å²) in [5.41, 5.74) is 11.7. The molecule has 1 aromatic rings. The SMILES string of the molecule is Cl.Cl.Cl.Nc1nc(Cl)c(Cl)c(N2CCN(CC[C@H]3CC[C@H](N)CC3)CC2)n1. The third-order valence-corrected chi connectivity index (χ3v) is 5.95. The third-order valence-electron chi connectivity index (χ3n) is 5.23. The van der Waals surface area contributed by atoms with Gasteiger partial charge in [-0.05, 0) is 44.6 Å². The van der Waals surface area contributed by atoms with Gasteiger partial charge < -0.3 is 16.4 Å². The molecule has 2 fully saturated rings. The second-order valence-electron chi connectivity index (χ2n) is 6.91. The van der Waals surface area contributed by atoms with Crippen molar-refractivity contribution in [1.29, 1.82) is 0 Å². The lowest BCUT2D eigenvalue weighted by Gasteiger charge is -2.36. The highest BCUT2D eigenvalue weighted by molar-refractivity contribution is 6.42. The van der Waals surface area contributed by atoms with Gasteiger partial charge in [0.1, 0.15) is 5.02 Å². The minimum Gasteiger partial charge on any atom is -0.368 e. The summed E-state index contributed by atoms with van der Waals surface area (Å²) in [4.78, 5) is 12.8. The van der Waals surface area contributed by atoms with Gasteiger partial charge in [-0.2, -0.15) is 9.97 Å². The molecule has 27 heavy (non-hydrogen) atoms. The number of piperazine rings is 1. The number of hydrogen-bond acceptors (Lipinski definition) is 6. The van der Waals surface area contributed by atoms with Gasteiger partial charge in [0.2, 0.25) is 5.95 Å². The number of nitrogens with zero attached hydrogens (tertiary/aromatic N) is 4. The number of nitrogens with two attached hydrogens (primary N) is 2. The quantitative estimate of drug-likeness (QED) is 0.637. The monoisotopic (exact) mass is 480 g/mol. The Labute approximate surface area is 190 Å². The summed E-state index contributed by atoms with van der Waals surface area (Å²) in [6.45, 7) is 4.92. The zero-order valence-electron chi connectivity index (χ0n) is 15.1. The lowest BCUT2D eigenvalue weighted by atomic mass is 9.84. The lowest BCUT2D eigenvalue weighted by molar-refractivity contribution is 0.216. The van der Waals surface area contributed by atoms with Crippen LogP contribution in [0.15, 0.2) is 0 Å². The van der Waals surface area contributed by atoms with Crippen molar-refractivity contribution in [1.82, 2.24) is 14.9 Å². The minimum atomic E-state index is 0. The van der Waals surface area contributed by atoms with Crippen molar-refractivity contribution in [3.8, 4) is 0 Å². The molecule has 11 heteroatoms. The van der Waals surface area contributed by atoms with Crippen molar-refractivity contribution >= 4 is 72.2 Å². The van der Waals surface area contributed by atoms with Crippen LogP contribution in [0.3, 0.4) is 0 Å². The zero-order valence-corrected chi connectivity index (χ0v) is 19.1. The fourth-order valence-corrected chi connectivity index (χ4v) is 4.03. The van der Waals surface area contributed by atoms with Crippen LogP contribution in [0.25, 0.3) is 0 Å². The smallest absolute Gasteiger partial charge is 0.223 e. The van der Waals surface area contributed by atoms with E-state index in [2.05, 4.69) is 19.8 Å². The molecule has 2 aliphatic rings. The van der Waals surface area contributed by atoms with E-state index in [1.807, 2.05) is 0 Å². The summed E-state index contributed by atoms with van der Waals surface area (Å²) in [5, 5.41) is 0.606. The Morgan fingerprint density at radius 2 is 1.52 bits per heavy atom. The van der Waals surface area contributed by atoms with Crippen LogP contribution in [0.4, 0.5) is 11.8 Å². The fourth-order valence-electron chi connectivity index (χ4n) is 3.66. The maximum atomic E-state index is 6.23. The average molecular weight is 483 g/mol. The topological polar surface area (TPSA) is 84.3 Å². The predicted octanol–water partition coefficient (Wildman–Crippen LogP) is 3.66. The predicted molar refractivity (Wildman–Crippen MR) is 121 cm³/mol. The normalized spacial score (nSPS) is 23.0. The van der Waals surface area contributed by atoms with Crippen LogP contribution in [0.1, 0.15) is 32.1 Å². The van der Waals surface area contributed by atoms with Crippen LogP contribution in [-0.4, -0.2) is 53.6 Å². The summed E-state index contributed by atoms with van der Waals surface area (Å²) in [6.07, 6.45) is 6.23. The second kappa shape index (κ2) is 12.6. The Kier molecular flexibility index (Phi) is 12.6. The lowest BCUT2D eigenvalue weighted by Crippen LogP contribution is -2.47. The minimum absolute atomic E-state index is 0. The Hall–Kier alpha value is 0.0500. The zero-order chi connectivity index (χ0) is 17.1. The molecule has 0 unspecified atom stereocenters. The molecule has 1 aliphatic carbocycles. The van der Waals surface area contributed by atoms with Gasteiger partial charge in [0.15, 0.2) is 11.0 Å². The van der Waals surface area contributed by atoms with Gasteiger partial charge in [0, 0.05) is 32.2 Å². The molecule has 0 amide bonds. The molecule has 0 aromatic carbocycles. The van der Waals surface area contributed by atoms with Gasteiger partial charge in [-0.1, -0.05) is 23.2 Å². The first-order valence-electron chi connectivity index (χ1n) is 8.74. The van der Waals surface area contributed by atoms with Gasteiger partial charge in [-0.25, -0.2) is 0 Å². The number of rotatable bonds is 4. The van der Waals surface area contributed by atoms with Crippen LogP contribution in [-0.2, 0) is 0 Å². The van der Waals surface area contributed by atoms with E-state index in [-0.39, 0.29) is 48.3 Å². The van der Waals surface area contributed by atoms with E-state index in [1.165, 1.54) is 32.1 Å². The van der Waals surface area contributed by atoms with Crippen LogP contribution >= 0.6 is 60.4 Å². The van der Waals surface area contributed by atoms with Crippen LogP contribution < -0.4 is 16.4 Å². The molecule has 2 heterocycles. The molecular formula is C16H29Cl5N6. The molecule has 1 aliphatic heterocycles. The highest BCUT2D eigenvalue weighted by Crippen LogP contribution is 2.31. The van der Waals surface area contributed by atoms with Crippen molar-refractivity contribution in [2.75, 3.05) is 43.4 Å². The first kappa shape index (κ1) is 27.0. The van der Waals surface area contributed by atoms with Gasteiger partial charge in [-0.15, -0.1) is 37.2 Å². The summed E-state index contributed by atoms with van der Waals surface area (Å²) in [5.74, 6) is 1.66. The summed E-state index contributed by atoms with van der Waals surface area (Å²) < 4.78 is 0. The first-order chi connectivity index (χ1) is 11.5. The highest BCUT2D eigenvalue weighted by Gasteiger charge is 2.24. The molecule has 4 N–H and O–H groups in total. The molecule has 1 aromatic heterocycles. The molecule has 6 nitrogen and oxygen atoms in total. The van der Waals surface area contributed by atoms with Crippen LogP contribution in [0.2, 0.25) is 10.2 Å². The molecule has 1 saturated carbocycles. The third kappa shape index (κ3) is 7.42. The standard InChI is InChI=1S/C16H26Cl2N6.3ClH/c17-13-14(18)21-16(20)22-15(13)24-9-7-23(8-10-24)6-5-11-1-3-12(19)4-2-11;;;/h11-12H,1-10,19H2,(H2,20,21,22);3*1H/t11-,12-;;;. The fraction of sp³-hybridized carbons (Fsp3) is 0.750. The number of hydrogen-bond donors (Lipinski definition) is 2. The van der Waals surface area contributed by atoms with Crippen molar-refractivity contribution in [2.45, 2.75) is 38.1 Å². The Morgan fingerprint density at radius 1 is 0.926 bits per heavy atom. The summed E-state index contributed by atoms with van der Waals surface area (Å²) >= 11 is 12.2. The summed E-state index contributed by atoms with van der Waals surface area (Å²) in [7, 11) is 0. The van der Waals surface area contributed by atoms with Crippen LogP contribution in [0.5, 0.6) is 0 Å². The van der Waals surface area contributed by atoms with E-state index in [0.717, 1.165) is 38.6 Å². The van der Waals surface area contributed by atoms with Crippen molar-refractivity contribution < 1.29 is 0 Å². The number of nitrogen functional groups attached to an aromatic ring is 1. The van der Waals surface area contributed by atoms with E-state index < -0.39 is 0 Å². The highest BCUT2D eigenvalue weighted by atomic mass is 35.5. The second-order valence-corrected chi connectivity index (χ2v) is 7.64. The van der Waals surface area contributed by atoms with Crippen molar-refractivity contribution in [3.63, 3.8) is 0 Å². The van der Waals surface area contributed by atoms with Gasteiger partial charge >= 0.3 is 0 Å².